The lowest BCUT2D eigenvalue weighted by Gasteiger charge is -2.20. The summed E-state index contributed by atoms with van der Waals surface area (Å²) in [7, 11) is 0. The Hall–Kier alpha value is -3.18. The first-order valence-electron chi connectivity index (χ1n) is 8.15. The Balaban J connectivity index is 0.00000420. The molecule has 0 saturated carbocycles. The van der Waals surface area contributed by atoms with Crippen molar-refractivity contribution >= 4 is 52.6 Å². The van der Waals surface area contributed by atoms with Crippen molar-refractivity contribution in [2.45, 2.75) is 19.4 Å². The second kappa shape index (κ2) is 11.0. The van der Waals surface area contributed by atoms with Crippen LogP contribution in [0.5, 0.6) is 0 Å². The molecule has 1 unspecified atom stereocenters. The number of carbonyl (C=O) groups excluding carboxylic acids is 3. The highest BCUT2D eigenvalue weighted by Crippen LogP contribution is 2.24. The molecular weight excluding hydrogens is 420 g/mol. The topological polar surface area (TPSA) is 176 Å². The molecule has 0 radical (unpaired) electrons. The first kappa shape index (κ1) is 23.9. The van der Waals surface area contributed by atoms with Gasteiger partial charge in [-0.3, -0.25) is 9.59 Å². The van der Waals surface area contributed by atoms with Crippen LogP contribution in [0.25, 0.3) is 0 Å². The summed E-state index contributed by atoms with van der Waals surface area (Å²) in [5.74, 6) is -2.54. The number of aryl methyl sites for hydroxylation is 1. The number of nitrogens with one attached hydrogen (secondary N) is 2. The molecule has 156 valence electrons. The number of carboxylic acids is 1. The van der Waals surface area contributed by atoms with Gasteiger partial charge in [0.05, 0.1) is 18.3 Å². The lowest BCUT2D eigenvalue weighted by Crippen LogP contribution is -2.40. The number of carboxylic acid groups (broad SMARTS) is 1. The second-order valence-corrected chi connectivity index (χ2v) is 6.71. The van der Waals surface area contributed by atoms with Crippen LogP contribution in [0.4, 0.5) is 5.13 Å². The zero-order valence-electron chi connectivity index (χ0n) is 15.4. The molecular formula is C17H20ClN6O4S-. The second-order valence-electron chi connectivity index (χ2n) is 5.74. The highest BCUT2D eigenvalue weighted by Gasteiger charge is 2.18. The van der Waals surface area contributed by atoms with Crippen molar-refractivity contribution < 1.29 is 19.5 Å². The minimum atomic E-state index is -1.30. The summed E-state index contributed by atoms with van der Waals surface area (Å²) >= 11 is 0.978. The number of thiazole rings is 1. The van der Waals surface area contributed by atoms with Gasteiger partial charge in [-0.1, -0.05) is 41.7 Å². The monoisotopic (exact) mass is 439 g/mol. The fourth-order valence-corrected chi connectivity index (χ4v) is 3.22. The van der Waals surface area contributed by atoms with Crippen LogP contribution >= 0.6 is 23.7 Å². The Kier molecular flexibility index (Phi) is 9.03. The van der Waals surface area contributed by atoms with Gasteiger partial charge in [0, 0.05) is 12.4 Å². The summed E-state index contributed by atoms with van der Waals surface area (Å²) in [6.07, 6.45) is -0.389. The number of guanidine groups is 1. The van der Waals surface area contributed by atoms with E-state index in [0.29, 0.717) is 11.3 Å². The molecule has 10 nitrogen and oxygen atoms in total. The Morgan fingerprint density at radius 2 is 1.90 bits per heavy atom. The summed E-state index contributed by atoms with van der Waals surface area (Å²) < 4.78 is 0. The highest BCUT2D eigenvalue weighted by atomic mass is 35.5. The van der Waals surface area contributed by atoms with E-state index in [4.69, 9.17) is 11.5 Å². The van der Waals surface area contributed by atoms with Gasteiger partial charge in [-0.2, -0.15) is 4.99 Å². The smallest absolute Gasteiger partial charge is 0.263 e. The van der Waals surface area contributed by atoms with Gasteiger partial charge in [0.15, 0.2) is 5.96 Å². The fraction of sp³-hybridized carbons (Fsp3) is 0.235. The molecule has 2 aromatic rings. The standard InChI is InChI=1S/C17H20N6O4S.ClH/c1-9-14(28-17(21-9)23-16(18)19)15(27)20-8-12(24)22-11(7-13(25)26)10-5-3-2-4-6-10;/h2-6,11H,7-8H2,1H3,(H,20,27)(H,22,24)(H,25,26)(H4,18,19,21,23);1H/p-1. The average molecular weight is 440 g/mol. The summed E-state index contributed by atoms with van der Waals surface area (Å²) in [5, 5.41) is 16.2. The van der Waals surface area contributed by atoms with Gasteiger partial charge < -0.3 is 32.0 Å². The van der Waals surface area contributed by atoms with E-state index in [1.54, 1.807) is 37.3 Å². The van der Waals surface area contributed by atoms with Crippen molar-refractivity contribution in [3.8, 4) is 0 Å². The van der Waals surface area contributed by atoms with Crippen LogP contribution in [0, 0.1) is 6.92 Å². The first-order valence-corrected chi connectivity index (χ1v) is 8.97. The molecule has 1 aromatic heterocycles. The van der Waals surface area contributed by atoms with Crippen molar-refractivity contribution in [1.82, 2.24) is 15.6 Å². The Labute approximate surface area is 176 Å². The predicted molar refractivity (Wildman–Crippen MR) is 109 cm³/mol. The summed E-state index contributed by atoms with van der Waals surface area (Å²) in [5.41, 5.74) is 11.6. The largest absolute Gasteiger partial charge is 0.550 e. The van der Waals surface area contributed by atoms with Crippen LogP contribution in [0.3, 0.4) is 0 Å². The van der Waals surface area contributed by atoms with Crippen molar-refractivity contribution in [2.75, 3.05) is 6.54 Å². The summed E-state index contributed by atoms with van der Waals surface area (Å²) in [4.78, 5) is 43.5. The van der Waals surface area contributed by atoms with Gasteiger partial charge in [-0.25, -0.2) is 4.98 Å². The zero-order chi connectivity index (χ0) is 20.7. The van der Waals surface area contributed by atoms with E-state index in [1.807, 2.05) is 0 Å². The molecule has 0 aliphatic heterocycles. The van der Waals surface area contributed by atoms with E-state index in [0.717, 1.165) is 11.3 Å². The minimum absolute atomic E-state index is 0. The van der Waals surface area contributed by atoms with Gasteiger partial charge in [0.25, 0.3) is 5.91 Å². The van der Waals surface area contributed by atoms with Gasteiger partial charge >= 0.3 is 0 Å². The van der Waals surface area contributed by atoms with Crippen LogP contribution in [0.1, 0.15) is 33.4 Å². The third-order valence-electron chi connectivity index (χ3n) is 3.53. The lowest BCUT2D eigenvalue weighted by molar-refractivity contribution is -0.306. The number of halogens is 1. The molecule has 1 atom stereocenters. The number of benzene rings is 1. The van der Waals surface area contributed by atoms with Crippen LogP contribution in [-0.2, 0) is 9.59 Å². The number of hydrogen-bond donors (Lipinski definition) is 4. The van der Waals surface area contributed by atoms with Crippen molar-refractivity contribution in [3.05, 3.63) is 46.5 Å². The van der Waals surface area contributed by atoms with E-state index in [-0.39, 0.29) is 41.3 Å². The molecule has 0 aliphatic rings. The van der Waals surface area contributed by atoms with E-state index in [2.05, 4.69) is 20.6 Å². The van der Waals surface area contributed by atoms with E-state index in [1.165, 1.54) is 0 Å². The van der Waals surface area contributed by atoms with Crippen LogP contribution in [0.2, 0.25) is 0 Å². The van der Waals surface area contributed by atoms with Gasteiger partial charge in [0.2, 0.25) is 11.0 Å². The number of aliphatic imine (C=N–C) groups is 1. The third-order valence-corrected chi connectivity index (χ3v) is 4.58. The molecule has 6 N–H and O–H groups in total. The van der Waals surface area contributed by atoms with E-state index >= 15 is 0 Å². The molecule has 0 aliphatic carbocycles. The number of aromatic nitrogens is 1. The molecule has 0 fully saturated rings. The number of carbonyl (C=O) groups is 3. The molecule has 2 amide bonds. The molecule has 1 heterocycles. The van der Waals surface area contributed by atoms with E-state index in [9.17, 15) is 19.5 Å². The number of aliphatic carboxylic acids is 1. The van der Waals surface area contributed by atoms with Crippen molar-refractivity contribution in [2.24, 2.45) is 16.5 Å². The number of rotatable bonds is 8. The third kappa shape index (κ3) is 7.39. The predicted octanol–water partition coefficient (Wildman–Crippen LogP) is -0.494. The Morgan fingerprint density at radius 3 is 2.48 bits per heavy atom. The normalized spacial score (nSPS) is 10.9. The fourth-order valence-electron chi connectivity index (χ4n) is 2.34. The van der Waals surface area contributed by atoms with Crippen LogP contribution in [-0.4, -0.2) is 35.3 Å². The molecule has 1 aromatic carbocycles. The number of amides is 2. The maximum Gasteiger partial charge on any atom is 0.263 e. The molecule has 0 bridgehead atoms. The summed E-state index contributed by atoms with van der Waals surface area (Å²) in [6.45, 7) is 1.27. The average Bonchev–Trinajstić information content (AvgIpc) is 2.99. The van der Waals surface area contributed by atoms with Crippen LogP contribution < -0.4 is 27.2 Å². The Morgan fingerprint density at radius 1 is 1.24 bits per heavy atom. The molecule has 0 saturated heterocycles. The zero-order valence-corrected chi connectivity index (χ0v) is 17.0. The number of nitrogens with two attached hydrogens (primary N) is 2. The SMILES string of the molecule is Cc1nc(N=C(N)N)sc1C(=O)NCC(=O)NC(CC(=O)[O-])c1ccccc1.Cl. The van der Waals surface area contributed by atoms with Gasteiger partial charge in [-0.15, -0.1) is 12.4 Å². The van der Waals surface area contributed by atoms with Gasteiger partial charge in [-0.05, 0) is 12.5 Å². The summed E-state index contributed by atoms with van der Waals surface area (Å²) in [6, 6.07) is 7.85. The number of hydrogen-bond acceptors (Lipinski definition) is 7. The quantitative estimate of drug-likeness (QED) is 0.316. The Bertz CT molecular complexity index is 899. The van der Waals surface area contributed by atoms with E-state index < -0.39 is 23.8 Å². The number of nitrogens with zero attached hydrogens (tertiary/aromatic N) is 2. The molecule has 29 heavy (non-hydrogen) atoms. The lowest BCUT2D eigenvalue weighted by atomic mass is 10.0. The minimum Gasteiger partial charge on any atom is -0.550 e. The molecule has 0 spiro atoms. The highest BCUT2D eigenvalue weighted by molar-refractivity contribution is 7.17. The molecule has 12 heteroatoms. The molecule has 2 rings (SSSR count). The first-order chi connectivity index (χ1) is 13.3. The van der Waals surface area contributed by atoms with Crippen molar-refractivity contribution in [1.29, 1.82) is 0 Å². The maximum absolute atomic E-state index is 12.3. The van der Waals surface area contributed by atoms with Crippen LogP contribution in [0.15, 0.2) is 35.3 Å². The van der Waals surface area contributed by atoms with Gasteiger partial charge in [0.1, 0.15) is 4.88 Å². The van der Waals surface area contributed by atoms with Crippen molar-refractivity contribution in [3.63, 3.8) is 0 Å². The maximum atomic E-state index is 12.3.